The predicted molar refractivity (Wildman–Crippen MR) is 140 cm³/mol. The molecule has 0 bridgehead atoms. The van der Waals surface area contributed by atoms with Crippen molar-refractivity contribution in [3.05, 3.63) is 65.4 Å². The Kier molecular flexibility index (Phi) is 6.27. The van der Waals surface area contributed by atoms with Crippen molar-refractivity contribution in [2.24, 2.45) is 0 Å². The fourth-order valence-corrected chi connectivity index (χ4v) is 5.58. The van der Waals surface area contributed by atoms with Gasteiger partial charge < -0.3 is 4.90 Å². The second-order valence-corrected chi connectivity index (χ2v) is 10.5. The normalized spacial score (nSPS) is 17.0. The topological polar surface area (TPSA) is 56.1 Å². The van der Waals surface area contributed by atoms with Crippen molar-refractivity contribution in [3.63, 3.8) is 0 Å². The minimum Gasteiger partial charge on any atom is -0.353 e. The maximum atomic E-state index is 16.0. The van der Waals surface area contributed by atoms with Gasteiger partial charge in [0, 0.05) is 52.6 Å². The molecule has 3 aromatic carbocycles. The summed E-state index contributed by atoms with van der Waals surface area (Å²) in [5.74, 6) is -0.278. The third-order valence-corrected chi connectivity index (χ3v) is 7.19. The van der Waals surface area contributed by atoms with E-state index in [1.807, 2.05) is 29.2 Å². The van der Waals surface area contributed by atoms with Crippen LogP contribution in [0.1, 0.15) is 27.2 Å². The van der Waals surface area contributed by atoms with Crippen LogP contribution in [-0.2, 0) is 0 Å². The number of nitrogens with zero attached hydrogens (tertiary/aromatic N) is 5. The zero-order chi connectivity index (χ0) is 25.6. The van der Waals surface area contributed by atoms with Crippen molar-refractivity contribution in [3.8, 4) is 17.2 Å². The first-order valence-corrected chi connectivity index (χ1v) is 12.3. The molecule has 36 heavy (non-hydrogen) atoms. The molecule has 0 radical (unpaired) electrons. The number of anilines is 1. The minimum absolute atomic E-state index is 0.0567. The molecule has 4 aromatic rings. The summed E-state index contributed by atoms with van der Waals surface area (Å²) in [4.78, 5) is 12.1. The molecule has 0 unspecified atom stereocenters. The number of halogens is 3. The second kappa shape index (κ2) is 9.27. The molecule has 1 atom stereocenters. The summed E-state index contributed by atoms with van der Waals surface area (Å²) in [5.41, 5.74) is 0.720. The van der Waals surface area contributed by atoms with Crippen molar-refractivity contribution in [2.45, 2.75) is 38.8 Å². The van der Waals surface area contributed by atoms with Gasteiger partial charge in [0.25, 0.3) is 0 Å². The molecule has 0 spiro atoms. The number of nitriles is 1. The average Bonchev–Trinajstić information content (AvgIpc) is 2.84. The van der Waals surface area contributed by atoms with Crippen LogP contribution in [-0.4, -0.2) is 46.1 Å². The van der Waals surface area contributed by atoms with Crippen LogP contribution in [0.5, 0.6) is 0 Å². The first kappa shape index (κ1) is 24.4. The van der Waals surface area contributed by atoms with E-state index in [0.717, 1.165) is 10.8 Å². The molecule has 0 amide bonds. The van der Waals surface area contributed by atoms with Crippen LogP contribution in [0.15, 0.2) is 48.5 Å². The number of rotatable bonds is 3. The molecule has 0 N–H and O–H groups in total. The lowest BCUT2D eigenvalue weighted by Gasteiger charge is -2.47. The molecular weight excluding hydrogens is 480 g/mol. The molecule has 1 aromatic heterocycles. The SMILES string of the molecule is CC(C)(C)N1CCN(c2nc(F)nc3c(F)c(-c4cccc5cccc(Cl)c45)ccc23)C[C@@H]1CC#N. The maximum Gasteiger partial charge on any atom is 0.311 e. The molecule has 0 saturated carbocycles. The molecule has 1 saturated heterocycles. The first-order valence-electron chi connectivity index (χ1n) is 11.9. The fourth-order valence-electron chi connectivity index (χ4n) is 5.30. The highest BCUT2D eigenvalue weighted by atomic mass is 35.5. The Hall–Kier alpha value is -3.34. The molecular formula is C28H26ClF2N5. The zero-order valence-corrected chi connectivity index (χ0v) is 21.2. The quantitative estimate of drug-likeness (QED) is 0.294. The highest BCUT2D eigenvalue weighted by molar-refractivity contribution is 6.36. The van der Waals surface area contributed by atoms with Crippen LogP contribution < -0.4 is 4.90 Å². The van der Waals surface area contributed by atoms with E-state index in [-0.39, 0.29) is 17.1 Å². The smallest absolute Gasteiger partial charge is 0.311 e. The summed E-state index contributed by atoms with van der Waals surface area (Å²) in [5, 5.41) is 12.0. The van der Waals surface area contributed by atoms with Gasteiger partial charge in [0.2, 0.25) is 0 Å². The Labute approximate surface area is 213 Å². The number of piperazine rings is 1. The molecule has 0 aliphatic carbocycles. The van der Waals surface area contributed by atoms with Gasteiger partial charge >= 0.3 is 6.08 Å². The van der Waals surface area contributed by atoms with E-state index in [1.165, 1.54) is 0 Å². The summed E-state index contributed by atoms with van der Waals surface area (Å²) < 4.78 is 30.7. The summed E-state index contributed by atoms with van der Waals surface area (Å²) >= 11 is 6.48. The van der Waals surface area contributed by atoms with Gasteiger partial charge in [-0.2, -0.15) is 19.6 Å². The molecule has 2 heterocycles. The van der Waals surface area contributed by atoms with E-state index >= 15 is 4.39 Å². The van der Waals surface area contributed by atoms with Crippen molar-refractivity contribution >= 4 is 39.1 Å². The van der Waals surface area contributed by atoms with E-state index in [1.54, 1.807) is 24.3 Å². The Morgan fingerprint density at radius 2 is 1.78 bits per heavy atom. The van der Waals surface area contributed by atoms with Crippen molar-refractivity contribution in [1.29, 1.82) is 5.26 Å². The van der Waals surface area contributed by atoms with Crippen LogP contribution in [0.2, 0.25) is 5.02 Å². The zero-order valence-electron chi connectivity index (χ0n) is 20.4. The Morgan fingerprint density at radius 1 is 1.03 bits per heavy atom. The third-order valence-electron chi connectivity index (χ3n) is 6.87. The van der Waals surface area contributed by atoms with Crippen molar-refractivity contribution < 1.29 is 8.78 Å². The summed E-state index contributed by atoms with van der Waals surface area (Å²) in [7, 11) is 0. The van der Waals surface area contributed by atoms with Gasteiger partial charge in [-0.15, -0.1) is 0 Å². The number of hydrogen-bond acceptors (Lipinski definition) is 5. The van der Waals surface area contributed by atoms with Gasteiger partial charge in [0.15, 0.2) is 5.82 Å². The largest absolute Gasteiger partial charge is 0.353 e. The molecule has 5 rings (SSSR count). The first-order chi connectivity index (χ1) is 17.2. The average molecular weight is 506 g/mol. The molecule has 1 aliphatic heterocycles. The van der Waals surface area contributed by atoms with Crippen LogP contribution >= 0.6 is 11.6 Å². The molecule has 1 fully saturated rings. The van der Waals surface area contributed by atoms with Gasteiger partial charge in [-0.05, 0) is 43.9 Å². The second-order valence-electron chi connectivity index (χ2n) is 10.1. The summed E-state index contributed by atoms with van der Waals surface area (Å²) in [6.45, 7) is 8.08. The van der Waals surface area contributed by atoms with Crippen LogP contribution in [0.4, 0.5) is 14.6 Å². The predicted octanol–water partition coefficient (Wildman–Crippen LogP) is 6.58. The lowest BCUT2D eigenvalue weighted by Crippen LogP contribution is -2.59. The fraction of sp³-hybridized carbons (Fsp3) is 0.321. The standard InChI is InChI=1S/C28H26ClF2N5/c1-28(2,3)36-15-14-35(16-18(36)12-13-32)26-21-11-10-20(24(30)25(21)33-27(31)34-26)19-8-4-6-17-7-5-9-22(29)23(17)19/h4-11,18H,12,14-16H2,1-3H3/t18-/m0/s1. The Balaban J connectivity index is 1.62. The van der Waals surface area contributed by atoms with Gasteiger partial charge in [-0.1, -0.05) is 48.0 Å². The van der Waals surface area contributed by atoms with E-state index in [4.69, 9.17) is 11.6 Å². The number of hydrogen-bond donors (Lipinski definition) is 0. The van der Waals surface area contributed by atoms with Crippen molar-refractivity contribution in [2.75, 3.05) is 24.5 Å². The summed E-state index contributed by atoms with van der Waals surface area (Å²) in [6.07, 6.45) is -0.654. The lowest BCUT2D eigenvalue weighted by molar-refractivity contribution is 0.0726. The highest BCUT2D eigenvalue weighted by Gasteiger charge is 2.35. The van der Waals surface area contributed by atoms with Gasteiger partial charge in [-0.25, -0.2) is 4.39 Å². The minimum atomic E-state index is -0.986. The van der Waals surface area contributed by atoms with E-state index in [0.29, 0.717) is 53.4 Å². The van der Waals surface area contributed by atoms with E-state index in [2.05, 4.69) is 41.7 Å². The summed E-state index contributed by atoms with van der Waals surface area (Å²) in [6, 6.07) is 16.7. The van der Waals surface area contributed by atoms with Gasteiger partial charge in [-0.3, -0.25) is 4.90 Å². The number of benzene rings is 3. The Morgan fingerprint density at radius 3 is 2.50 bits per heavy atom. The number of fused-ring (bicyclic) bond motifs is 2. The van der Waals surface area contributed by atoms with E-state index in [9.17, 15) is 9.65 Å². The third kappa shape index (κ3) is 4.25. The monoisotopic (exact) mass is 505 g/mol. The van der Waals surface area contributed by atoms with Gasteiger partial charge in [0.05, 0.1) is 12.5 Å². The van der Waals surface area contributed by atoms with Crippen molar-refractivity contribution in [1.82, 2.24) is 14.9 Å². The highest BCUT2D eigenvalue weighted by Crippen LogP contribution is 2.38. The molecule has 5 nitrogen and oxygen atoms in total. The van der Waals surface area contributed by atoms with Gasteiger partial charge in [0.1, 0.15) is 11.3 Å². The molecule has 8 heteroatoms. The van der Waals surface area contributed by atoms with E-state index < -0.39 is 11.9 Å². The molecule has 184 valence electrons. The maximum absolute atomic E-state index is 16.0. The Bertz CT molecular complexity index is 1500. The van der Waals surface area contributed by atoms with Crippen LogP contribution in [0, 0.1) is 23.2 Å². The molecule has 1 aliphatic rings. The lowest BCUT2D eigenvalue weighted by atomic mass is 9.96. The van der Waals surface area contributed by atoms with Crippen LogP contribution in [0.3, 0.4) is 0 Å². The van der Waals surface area contributed by atoms with Crippen LogP contribution in [0.25, 0.3) is 32.8 Å². The number of aromatic nitrogens is 2.